The molecule has 1 N–H and O–H groups in total. The molecule has 0 spiro atoms. The van der Waals surface area contributed by atoms with Crippen molar-refractivity contribution in [3.05, 3.63) is 12.2 Å². The van der Waals surface area contributed by atoms with Crippen LogP contribution in [0.3, 0.4) is 0 Å². The van der Waals surface area contributed by atoms with E-state index in [0.717, 1.165) is 12.8 Å². The molecule has 11 heavy (non-hydrogen) atoms. The van der Waals surface area contributed by atoms with Gasteiger partial charge in [-0.3, -0.25) is 0 Å². The van der Waals surface area contributed by atoms with Gasteiger partial charge >= 0.3 is 0 Å². The summed E-state index contributed by atoms with van der Waals surface area (Å²) in [6.45, 7) is 4.13. The molecule has 62 valence electrons. The maximum absolute atomic E-state index is 8.47. The third-order valence-corrected chi connectivity index (χ3v) is 1.47. The minimum absolute atomic E-state index is 0.143. The average Bonchev–Trinajstić information content (AvgIpc) is 2.01. The molecule has 1 heteroatoms. The summed E-state index contributed by atoms with van der Waals surface area (Å²) in [7, 11) is 0. The standard InChI is InChI=1S/C10H16O/c1-3-4-5-7-10(2)8-6-9-11/h6,8,10-11H,5,7,9H2,1-2H3/b8-6+. The Balaban J connectivity index is 3.41. The van der Waals surface area contributed by atoms with E-state index in [0.29, 0.717) is 5.92 Å². The minimum Gasteiger partial charge on any atom is -0.392 e. The Morgan fingerprint density at radius 2 is 2.27 bits per heavy atom. The van der Waals surface area contributed by atoms with Crippen molar-refractivity contribution in [1.29, 1.82) is 0 Å². The molecule has 0 aromatic heterocycles. The van der Waals surface area contributed by atoms with E-state index in [-0.39, 0.29) is 6.61 Å². The second-order valence-electron chi connectivity index (χ2n) is 2.55. The lowest BCUT2D eigenvalue weighted by Gasteiger charge is -2.00. The lowest BCUT2D eigenvalue weighted by Crippen LogP contribution is -1.88. The van der Waals surface area contributed by atoms with E-state index in [1.165, 1.54) is 0 Å². The normalized spacial score (nSPS) is 12.6. The quantitative estimate of drug-likeness (QED) is 0.482. The van der Waals surface area contributed by atoms with Crippen LogP contribution in [0.25, 0.3) is 0 Å². The molecular weight excluding hydrogens is 136 g/mol. The molecule has 1 unspecified atom stereocenters. The maximum Gasteiger partial charge on any atom is 0.0612 e. The summed E-state index contributed by atoms with van der Waals surface area (Å²) < 4.78 is 0. The highest BCUT2D eigenvalue weighted by molar-refractivity contribution is 4.96. The number of hydrogen-bond acceptors (Lipinski definition) is 1. The fourth-order valence-electron chi connectivity index (χ4n) is 0.814. The van der Waals surface area contributed by atoms with Gasteiger partial charge in [0.25, 0.3) is 0 Å². The number of aliphatic hydroxyl groups excluding tert-OH is 1. The highest BCUT2D eigenvalue weighted by atomic mass is 16.2. The van der Waals surface area contributed by atoms with E-state index in [2.05, 4.69) is 18.8 Å². The van der Waals surface area contributed by atoms with Crippen molar-refractivity contribution < 1.29 is 5.11 Å². The van der Waals surface area contributed by atoms with E-state index < -0.39 is 0 Å². The summed E-state index contributed by atoms with van der Waals surface area (Å²) in [5.41, 5.74) is 0. The van der Waals surface area contributed by atoms with E-state index in [9.17, 15) is 0 Å². The zero-order chi connectivity index (χ0) is 8.53. The number of rotatable bonds is 4. The lowest BCUT2D eigenvalue weighted by molar-refractivity contribution is 0.341. The second-order valence-corrected chi connectivity index (χ2v) is 2.55. The second kappa shape index (κ2) is 7.37. The summed E-state index contributed by atoms with van der Waals surface area (Å²) in [6, 6.07) is 0. The molecule has 1 atom stereocenters. The zero-order valence-corrected chi connectivity index (χ0v) is 7.30. The Kier molecular flexibility index (Phi) is 6.87. The van der Waals surface area contributed by atoms with Crippen LogP contribution < -0.4 is 0 Å². The number of aliphatic hydroxyl groups is 1. The summed E-state index contributed by atoms with van der Waals surface area (Å²) in [4.78, 5) is 0. The van der Waals surface area contributed by atoms with Crippen molar-refractivity contribution in [3.63, 3.8) is 0 Å². The molecule has 0 aliphatic carbocycles. The van der Waals surface area contributed by atoms with Gasteiger partial charge in [-0.05, 0) is 19.3 Å². The van der Waals surface area contributed by atoms with Crippen LogP contribution in [0.15, 0.2) is 12.2 Å². The van der Waals surface area contributed by atoms with Gasteiger partial charge < -0.3 is 5.11 Å². The van der Waals surface area contributed by atoms with Gasteiger partial charge in [0.15, 0.2) is 0 Å². The zero-order valence-electron chi connectivity index (χ0n) is 7.30. The van der Waals surface area contributed by atoms with Crippen LogP contribution in [-0.4, -0.2) is 11.7 Å². The van der Waals surface area contributed by atoms with Gasteiger partial charge in [0.05, 0.1) is 6.61 Å². The van der Waals surface area contributed by atoms with E-state index in [1.54, 1.807) is 6.08 Å². The Labute approximate surface area is 69.1 Å². The average molecular weight is 152 g/mol. The molecule has 0 amide bonds. The van der Waals surface area contributed by atoms with Crippen molar-refractivity contribution >= 4 is 0 Å². The first-order valence-electron chi connectivity index (χ1n) is 3.98. The Hall–Kier alpha value is -0.740. The molecule has 0 aromatic rings. The first-order chi connectivity index (χ1) is 5.31. The van der Waals surface area contributed by atoms with Crippen molar-refractivity contribution in [3.8, 4) is 11.8 Å². The van der Waals surface area contributed by atoms with Gasteiger partial charge in [0.2, 0.25) is 0 Å². The SMILES string of the molecule is CC#CCCC(C)/C=C/CO. The predicted molar refractivity (Wildman–Crippen MR) is 48.1 cm³/mol. The topological polar surface area (TPSA) is 20.2 Å². The fourth-order valence-corrected chi connectivity index (χ4v) is 0.814. The van der Waals surface area contributed by atoms with Crippen LogP contribution in [0.4, 0.5) is 0 Å². The van der Waals surface area contributed by atoms with E-state index in [4.69, 9.17) is 5.11 Å². The van der Waals surface area contributed by atoms with Crippen molar-refractivity contribution in [1.82, 2.24) is 0 Å². The summed E-state index contributed by atoms with van der Waals surface area (Å²) >= 11 is 0. The predicted octanol–water partition coefficient (Wildman–Crippen LogP) is 1.97. The number of allylic oxidation sites excluding steroid dienone is 1. The smallest absolute Gasteiger partial charge is 0.0612 e. The molecule has 0 fully saturated rings. The van der Waals surface area contributed by atoms with Crippen molar-refractivity contribution in [2.75, 3.05) is 6.61 Å². The first-order valence-corrected chi connectivity index (χ1v) is 3.98. The molecule has 0 heterocycles. The fraction of sp³-hybridized carbons (Fsp3) is 0.600. The van der Waals surface area contributed by atoms with Crippen LogP contribution in [0.1, 0.15) is 26.7 Å². The van der Waals surface area contributed by atoms with E-state index in [1.807, 2.05) is 13.0 Å². The molecule has 0 saturated heterocycles. The molecule has 0 rings (SSSR count). The lowest BCUT2D eigenvalue weighted by atomic mass is 10.1. The van der Waals surface area contributed by atoms with E-state index >= 15 is 0 Å². The summed E-state index contributed by atoms with van der Waals surface area (Å²) in [5.74, 6) is 6.40. The Morgan fingerprint density at radius 1 is 1.55 bits per heavy atom. The van der Waals surface area contributed by atoms with Crippen molar-refractivity contribution in [2.45, 2.75) is 26.7 Å². The highest BCUT2D eigenvalue weighted by Gasteiger charge is 1.92. The van der Waals surface area contributed by atoms with Crippen LogP contribution in [0, 0.1) is 17.8 Å². The molecule has 0 bridgehead atoms. The first kappa shape index (κ1) is 10.3. The Bertz CT molecular complexity index is 159. The number of hydrogen-bond donors (Lipinski definition) is 1. The monoisotopic (exact) mass is 152 g/mol. The van der Waals surface area contributed by atoms with Gasteiger partial charge in [-0.1, -0.05) is 19.1 Å². The van der Waals surface area contributed by atoms with Gasteiger partial charge in [-0.15, -0.1) is 11.8 Å². The third kappa shape index (κ3) is 7.15. The largest absolute Gasteiger partial charge is 0.392 e. The summed E-state index contributed by atoms with van der Waals surface area (Å²) in [6.07, 6.45) is 5.84. The van der Waals surface area contributed by atoms with Gasteiger partial charge in [0, 0.05) is 6.42 Å². The van der Waals surface area contributed by atoms with Crippen LogP contribution in [0.2, 0.25) is 0 Å². The highest BCUT2D eigenvalue weighted by Crippen LogP contribution is 2.05. The van der Waals surface area contributed by atoms with Crippen LogP contribution in [-0.2, 0) is 0 Å². The third-order valence-electron chi connectivity index (χ3n) is 1.47. The van der Waals surface area contributed by atoms with Crippen LogP contribution >= 0.6 is 0 Å². The molecule has 0 radical (unpaired) electrons. The molecule has 0 aromatic carbocycles. The van der Waals surface area contributed by atoms with Crippen molar-refractivity contribution in [2.24, 2.45) is 5.92 Å². The molecule has 0 saturated carbocycles. The molecule has 0 aliphatic rings. The molecule has 1 nitrogen and oxygen atoms in total. The van der Waals surface area contributed by atoms with Gasteiger partial charge in [0.1, 0.15) is 0 Å². The van der Waals surface area contributed by atoms with Crippen LogP contribution in [0.5, 0.6) is 0 Å². The summed E-state index contributed by atoms with van der Waals surface area (Å²) in [5, 5.41) is 8.47. The minimum atomic E-state index is 0.143. The van der Waals surface area contributed by atoms with Gasteiger partial charge in [-0.25, -0.2) is 0 Å². The Morgan fingerprint density at radius 3 is 2.82 bits per heavy atom. The maximum atomic E-state index is 8.47. The molecule has 0 aliphatic heterocycles. The molecular formula is C10H16O. The van der Waals surface area contributed by atoms with Gasteiger partial charge in [-0.2, -0.15) is 0 Å².